The molecule has 0 atom stereocenters. The summed E-state index contributed by atoms with van der Waals surface area (Å²) >= 11 is 5.54. The molecule has 1 heterocycles. The number of aliphatic carboxylic acids is 2. The Morgan fingerprint density at radius 2 is 1.72 bits per heavy atom. The molecule has 0 aliphatic rings. The van der Waals surface area contributed by atoms with E-state index in [-0.39, 0.29) is 10.7 Å². The minimum absolute atomic E-state index is 0.0712. The van der Waals surface area contributed by atoms with Gasteiger partial charge in [-0.1, -0.05) is 11.6 Å². The van der Waals surface area contributed by atoms with Gasteiger partial charge in [-0.05, 0) is 12.1 Å². The van der Waals surface area contributed by atoms with Crippen LogP contribution in [0.5, 0.6) is 0 Å². The van der Waals surface area contributed by atoms with E-state index in [0.29, 0.717) is 4.90 Å². The van der Waals surface area contributed by atoms with Crippen LogP contribution in [0.25, 0.3) is 0 Å². The summed E-state index contributed by atoms with van der Waals surface area (Å²) < 4.78 is 0. The fourth-order valence-electron chi connectivity index (χ4n) is 1.21. The van der Waals surface area contributed by atoms with Gasteiger partial charge in [-0.2, -0.15) is 0 Å². The van der Waals surface area contributed by atoms with Crippen molar-refractivity contribution in [3.05, 3.63) is 29.0 Å². The number of carboxylic acids is 2. The highest BCUT2D eigenvalue weighted by atomic mass is 35.5. The molecule has 1 amide bonds. The number of carbonyl (C=O) groups is 3. The fourth-order valence-corrected chi connectivity index (χ4v) is 1.32. The van der Waals surface area contributed by atoms with Gasteiger partial charge in [0.05, 0.1) is 5.56 Å². The van der Waals surface area contributed by atoms with Crippen molar-refractivity contribution in [1.82, 2.24) is 9.88 Å². The van der Waals surface area contributed by atoms with E-state index in [2.05, 4.69) is 4.98 Å². The molecule has 1 rings (SSSR count). The first-order valence-electron chi connectivity index (χ1n) is 4.74. The van der Waals surface area contributed by atoms with Gasteiger partial charge < -0.3 is 15.1 Å². The van der Waals surface area contributed by atoms with Gasteiger partial charge in [-0.15, -0.1) is 0 Å². The maximum atomic E-state index is 11.8. The van der Waals surface area contributed by atoms with Gasteiger partial charge in [0.15, 0.2) is 0 Å². The van der Waals surface area contributed by atoms with Crippen molar-refractivity contribution in [3.63, 3.8) is 0 Å². The van der Waals surface area contributed by atoms with Crippen LogP contribution in [0.15, 0.2) is 18.3 Å². The van der Waals surface area contributed by atoms with Crippen LogP contribution in [0.2, 0.25) is 5.15 Å². The molecule has 1 aromatic heterocycles. The van der Waals surface area contributed by atoms with Crippen molar-refractivity contribution in [2.24, 2.45) is 0 Å². The lowest BCUT2D eigenvalue weighted by Gasteiger charge is -2.18. The highest BCUT2D eigenvalue weighted by molar-refractivity contribution is 6.29. The minimum Gasteiger partial charge on any atom is -0.480 e. The maximum Gasteiger partial charge on any atom is 0.323 e. The molecule has 0 saturated heterocycles. The average molecular weight is 273 g/mol. The van der Waals surface area contributed by atoms with Gasteiger partial charge in [0.25, 0.3) is 5.91 Å². The summed E-state index contributed by atoms with van der Waals surface area (Å²) in [5.74, 6) is -3.33. The van der Waals surface area contributed by atoms with Crippen molar-refractivity contribution in [2.45, 2.75) is 0 Å². The monoisotopic (exact) mass is 272 g/mol. The Labute approximate surface area is 107 Å². The molecule has 0 bridgehead atoms. The lowest BCUT2D eigenvalue weighted by molar-refractivity contribution is -0.140. The van der Waals surface area contributed by atoms with E-state index in [4.69, 9.17) is 21.8 Å². The second-order valence-electron chi connectivity index (χ2n) is 3.32. The predicted molar refractivity (Wildman–Crippen MR) is 60.4 cm³/mol. The van der Waals surface area contributed by atoms with E-state index >= 15 is 0 Å². The number of amides is 1. The van der Waals surface area contributed by atoms with Crippen LogP contribution in [0.1, 0.15) is 10.4 Å². The largest absolute Gasteiger partial charge is 0.480 e. The summed E-state index contributed by atoms with van der Waals surface area (Å²) in [6.07, 6.45) is 1.15. The quantitative estimate of drug-likeness (QED) is 0.749. The fraction of sp³-hybridized carbons (Fsp3) is 0.200. The number of halogens is 1. The van der Waals surface area contributed by atoms with Crippen LogP contribution in [0.4, 0.5) is 0 Å². The number of hydrogen-bond acceptors (Lipinski definition) is 4. The molecule has 18 heavy (non-hydrogen) atoms. The Bertz CT molecular complexity index is 458. The minimum atomic E-state index is -1.30. The van der Waals surface area contributed by atoms with Crippen molar-refractivity contribution in [1.29, 1.82) is 0 Å². The number of rotatable bonds is 5. The Hall–Kier alpha value is -2.15. The third-order valence-corrected chi connectivity index (χ3v) is 2.14. The predicted octanol–water partition coefficient (Wildman–Crippen LogP) is 0.346. The highest BCUT2D eigenvalue weighted by Gasteiger charge is 2.21. The van der Waals surface area contributed by atoms with Gasteiger partial charge in [-0.3, -0.25) is 14.4 Å². The molecule has 0 aliphatic carbocycles. The van der Waals surface area contributed by atoms with Crippen molar-refractivity contribution >= 4 is 29.4 Å². The standard InChI is InChI=1S/C10H9ClN2O5/c11-7-2-1-6(3-12-7)10(18)13(4-8(14)15)5-9(16)17/h1-3H,4-5H2,(H,14,15)(H,16,17). The zero-order chi connectivity index (χ0) is 13.7. The summed E-state index contributed by atoms with van der Waals surface area (Å²) in [6, 6.07) is 2.70. The zero-order valence-electron chi connectivity index (χ0n) is 9.04. The maximum absolute atomic E-state index is 11.8. The van der Waals surface area contributed by atoms with E-state index in [0.717, 1.165) is 6.20 Å². The number of aromatic nitrogens is 1. The molecule has 8 heteroatoms. The molecule has 0 fully saturated rings. The third-order valence-electron chi connectivity index (χ3n) is 1.91. The smallest absolute Gasteiger partial charge is 0.323 e. The Morgan fingerprint density at radius 3 is 2.11 bits per heavy atom. The summed E-state index contributed by atoms with van der Waals surface area (Å²) in [6.45, 7) is -1.40. The van der Waals surface area contributed by atoms with E-state index in [9.17, 15) is 14.4 Å². The zero-order valence-corrected chi connectivity index (χ0v) is 9.79. The van der Waals surface area contributed by atoms with Crippen LogP contribution >= 0.6 is 11.6 Å². The van der Waals surface area contributed by atoms with Crippen LogP contribution < -0.4 is 0 Å². The lowest BCUT2D eigenvalue weighted by Crippen LogP contribution is -2.39. The number of pyridine rings is 1. The topological polar surface area (TPSA) is 108 Å². The number of nitrogens with zero attached hydrogens (tertiary/aromatic N) is 2. The Kier molecular flexibility index (Phi) is 4.61. The van der Waals surface area contributed by atoms with Crippen LogP contribution in [-0.2, 0) is 9.59 Å². The molecular formula is C10H9ClN2O5. The highest BCUT2D eigenvalue weighted by Crippen LogP contribution is 2.08. The third kappa shape index (κ3) is 4.02. The van der Waals surface area contributed by atoms with Gasteiger partial charge >= 0.3 is 11.9 Å². The van der Waals surface area contributed by atoms with Gasteiger partial charge in [0, 0.05) is 6.20 Å². The van der Waals surface area contributed by atoms with Crippen LogP contribution in [0, 0.1) is 0 Å². The van der Waals surface area contributed by atoms with E-state index in [1.807, 2.05) is 0 Å². The lowest BCUT2D eigenvalue weighted by atomic mass is 10.2. The van der Waals surface area contributed by atoms with Crippen LogP contribution in [-0.4, -0.2) is 51.0 Å². The van der Waals surface area contributed by atoms with Crippen molar-refractivity contribution in [2.75, 3.05) is 13.1 Å². The summed E-state index contributed by atoms with van der Waals surface area (Å²) in [5.41, 5.74) is 0.0712. The van der Waals surface area contributed by atoms with Crippen LogP contribution in [0.3, 0.4) is 0 Å². The molecular weight excluding hydrogens is 264 g/mol. The first kappa shape index (κ1) is 13.9. The molecule has 0 saturated carbocycles. The van der Waals surface area contributed by atoms with E-state index in [1.54, 1.807) is 0 Å². The first-order valence-corrected chi connectivity index (χ1v) is 5.12. The molecule has 96 valence electrons. The molecule has 0 radical (unpaired) electrons. The summed E-state index contributed by atoms with van der Waals surface area (Å²) in [5, 5.41) is 17.4. The van der Waals surface area contributed by atoms with E-state index in [1.165, 1.54) is 12.1 Å². The Balaban J connectivity index is 2.90. The Morgan fingerprint density at radius 1 is 1.17 bits per heavy atom. The van der Waals surface area contributed by atoms with Gasteiger partial charge in [0.1, 0.15) is 18.2 Å². The molecule has 0 aromatic carbocycles. The number of carbonyl (C=O) groups excluding carboxylic acids is 1. The van der Waals surface area contributed by atoms with Gasteiger partial charge in [0.2, 0.25) is 0 Å². The molecule has 1 aromatic rings. The number of hydrogen-bond donors (Lipinski definition) is 2. The van der Waals surface area contributed by atoms with E-state index < -0.39 is 30.9 Å². The van der Waals surface area contributed by atoms with Crippen molar-refractivity contribution < 1.29 is 24.6 Å². The number of carboxylic acid groups (broad SMARTS) is 2. The normalized spacial score (nSPS) is 9.83. The molecule has 0 aliphatic heterocycles. The molecule has 0 unspecified atom stereocenters. The van der Waals surface area contributed by atoms with Gasteiger partial charge in [-0.25, -0.2) is 4.98 Å². The molecule has 7 nitrogen and oxygen atoms in total. The van der Waals surface area contributed by atoms with Crippen molar-refractivity contribution in [3.8, 4) is 0 Å². The average Bonchev–Trinajstić information content (AvgIpc) is 2.27. The molecule has 2 N–H and O–H groups in total. The second kappa shape index (κ2) is 5.97. The molecule has 0 spiro atoms. The summed E-state index contributed by atoms with van der Waals surface area (Å²) in [7, 11) is 0. The first-order chi connectivity index (χ1) is 8.40. The SMILES string of the molecule is O=C(O)CN(CC(=O)O)C(=O)c1ccc(Cl)nc1. The second-order valence-corrected chi connectivity index (χ2v) is 3.71. The summed E-state index contributed by atoms with van der Waals surface area (Å²) in [4.78, 5) is 37.3.